The van der Waals surface area contributed by atoms with Gasteiger partial charge in [0.25, 0.3) is 0 Å². The molecule has 0 spiro atoms. The lowest BCUT2D eigenvalue weighted by Gasteiger charge is -2.31. The normalized spacial score (nSPS) is 20.1. The maximum Gasteiger partial charge on any atom is 0.328 e. The zero-order chi connectivity index (χ0) is 12.4. The summed E-state index contributed by atoms with van der Waals surface area (Å²) in [6, 6.07) is 6.83. The Balaban J connectivity index is 2.33. The summed E-state index contributed by atoms with van der Waals surface area (Å²) < 4.78 is 5.20. The van der Waals surface area contributed by atoms with Crippen molar-refractivity contribution >= 4 is 17.6 Å². The van der Waals surface area contributed by atoms with Crippen LogP contribution in [0.4, 0.5) is 10.5 Å². The quantitative estimate of drug-likeness (QED) is 0.841. The van der Waals surface area contributed by atoms with E-state index < -0.39 is 6.03 Å². The molecule has 1 aromatic carbocycles. The number of rotatable bonds is 2. The summed E-state index contributed by atoms with van der Waals surface area (Å²) in [5, 5.41) is 2.32. The summed E-state index contributed by atoms with van der Waals surface area (Å²) in [7, 11) is 1.55. The number of ether oxygens (including phenoxy) is 1. The Kier molecular flexibility index (Phi) is 2.99. The molecular formula is C12H14N2O3. The molecule has 1 heterocycles. The van der Waals surface area contributed by atoms with Crippen LogP contribution in [-0.2, 0) is 4.79 Å². The number of imide groups is 1. The second-order valence-electron chi connectivity index (χ2n) is 3.98. The topological polar surface area (TPSA) is 58.6 Å². The summed E-state index contributed by atoms with van der Waals surface area (Å²) in [6.07, 6.45) is 0. The van der Waals surface area contributed by atoms with Crippen LogP contribution in [0, 0.1) is 5.92 Å². The Hall–Kier alpha value is -2.04. The number of para-hydroxylation sites is 2. The van der Waals surface area contributed by atoms with Gasteiger partial charge in [-0.25, -0.2) is 4.79 Å². The standard InChI is InChI=1S/C12H14N2O3/c1-8-7-14(12(16)13-11(8)15)9-5-3-4-6-10(9)17-2/h3-6,8H,7H2,1-2H3,(H,13,15,16)/t8-/m0/s1. The predicted octanol–water partition coefficient (Wildman–Crippen LogP) is 1.39. The lowest BCUT2D eigenvalue weighted by Crippen LogP contribution is -2.54. The van der Waals surface area contributed by atoms with Crippen molar-refractivity contribution in [3.05, 3.63) is 24.3 Å². The number of amides is 3. The summed E-state index contributed by atoms with van der Waals surface area (Å²) in [4.78, 5) is 24.6. The molecule has 1 N–H and O–H groups in total. The number of carbonyl (C=O) groups is 2. The van der Waals surface area contributed by atoms with Crippen LogP contribution in [0.3, 0.4) is 0 Å². The van der Waals surface area contributed by atoms with Gasteiger partial charge in [0.05, 0.1) is 18.7 Å². The van der Waals surface area contributed by atoms with Gasteiger partial charge in [0.2, 0.25) is 5.91 Å². The molecule has 1 atom stereocenters. The molecule has 0 aromatic heterocycles. The first-order valence-corrected chi connectivity index (χ1v) is 5.39. The fraction of sp³-hybridized carbons (Fsp3) is 0.333. The van der Waals surface area contributed by atoms with Crippen LogP contribution >= 0.6 is 0 Å². The molecule has 0 bridgehead atoms. The third kappa shape index (κ3) is 2.08. The van der Waals surface area contributed by atoms with Crippen molar-refractivity contribution in [2.75, 3.05) is 18.6 Å². The van der Waals surface area contributed by atoms with Crippen molar-refractivity contribution in [3.8, 4) is 5.75 Å². The van der Waals surface area contributed by atoms with Gasteiger partial charge >= 0.3 is 6.03 Å². The van der Waals surface area contributed by atoms with Gasteiger partial charge in [-0.2, -0.15) is 0 Å². The van der Waals surface area contributed by atoms with Crippen molar-refractivity contribution in [3.63, 3.8) is 0 Å². The number of hydrogen-bond donors (Lipinski definition) is 1. The number of benzene rings is 1. The fourth-order valence-corrected chi connectivity index (χ4v) is 1.80. The number of methoxy groups -OCH3 is 1. The summed E-state index contributed by atoms with van der Waals surface area (Å²) in [5.41, 5.74) is 0.673. The molecule has 2 rings (SSSR count). The average molecular weight is 234 g/mol. The van der Waals surface area contributed by atoms with Crippen LogP contribution in [0.25, 0.3) is 0 Å². The number of hydrogen-bond acceptors (Lipinski definition) is 3. The Morgan fingerprint density at radius 1 is 1.35 bits per heavy atom. The van der Waals surface area contributed by atoms with Crippen LogP contribution in [0.5, 0.6) is 5.75 Å². The second kappa shape index (κ2) is 4.45. The number of anilines is 1. The van der Waals surface area contributed by atoms with Crippen LogP contribution in [0.1, 0.15) is 6.92 Å². The van der Waals surface area contributed by atoms with Crippen molar-refractivity contribution in [2.45, 2.75) is 6.92 Å². The minimum absolute atomic E-state index is 0.224. The van der Waals surface area contributed by atoms with Crippen molar-refractivity contribution in [2.24, 2.45) is 5.92 Å². The molecule has 0 aliphatic carbocycles. The molecule has 5 nitrogen and oxygen atoms in total. The first-order valence-electron chi connectivity index (χ1n) is 5.39. The summed E-state index contributed by atoms with van der Waals surface area (Å²) in [5.74, 6) is 0.156. The first-order chi connectivity index (χ1) is 8.13. The van der Waals surface area contributed by atoms with Gasteiger partial charge in [0.15, 0.2) is 0 Å². The van der Waals surface area contributed by atoms with Gasteiger partial charge in [-0.1, -0.05) is 19.1 Å². The van der Waals surface area contributed by atoms with E-state index >= 15 is 0 Å². The predicted molar refractivity (Wildman–Crippen MR) is 63.0 cm³/mol. The SMILES string of the molecule is COc1ccccc1N1C[C@H](C)C(=O)NC1=O. The van der Waals surface area contributed by atoms with Crippen LogP contribution in [-0.4, -0.2) is 25.6 Å². The van der Waals surface area contributed by atoms with Gasteiger partial charge in [-0.3, -0.25) is 15.0 Å². The van der Waals surface area contributed by atoms with Crippen LogP contribution in [0.2, 0.25) is 0 Å². The van der Waals surface area contributed by atoms with E-state index in [1.165, 1.54) is 4.90 Å². The molecule has 1 saturated heterocycles. The Morgan fingerprint density at radius 3 is 2.76 bits per heavy atom. The lowest BCUT2D eigenvalue weighted by molar-refractivity contribution is -0.123. The average Bonchev–Trinajstić information content (AvgIpc) is 2.34. The molecule has 1 aromatic rings. The van der Waals surface area contributed by atoms with E-state index in [4.69, 9.17) is 4.74 Å². The highest BCUT2D eigenvalue weighted by molar-refractivity contribution is 6.07. The highest BCUT2D eigenvalue weighted by Gasteiger charge is 2.31. The lowest BCUT2D eigenvalue weighted by atomic mass is 10.1. The molecular weight excluding hydrogens is 220 g/mol. The number of nitrogens with one attached hydrogen (secondary N) is 1. The summed E-state index contributed by atoms with van der Waals surface area (Å²) >= 11 is 0. The monoisotopic (exact) mass is 234 g/mol. The molecule has 90 valence electrons. The van der Waals surface area contributed by atoms with Crippen molar-refractivity contribution < 1.29 is 14.3 Å². The third-order valence-corrected chi connectivity index (χ3v) is 2.76. The fourth-order valence-electron chi connectivity index (χ4n) is 1.80. The molecule has 1 aliphatic rings. The molecule has 0 unspecified atom stereocenters. The van der Waals surface area contributed by atoms with Gasteiger partial charge in [-0.15, -0.1) is 0 Å². The maximum atomic E-state index is 11.8. The van der Waals surface area contributed by atoms with Gasteiger partial charge < -0.3 is 4.74 Å². The molecule has 0 radical (unpaired) electrons. The third-order valence-electron chi connectivity index (χ3n) is 2.76. The minimum atomic E-state index is -0.405. The maximum absolute atomic E-state index is 11.8. The Labute approximate surface area is 99.4 Å². The van der Waals surface area contributed by atoms with E-state index in [0.29, 0.717) is 18.0 Å². The van der Waals surface area contributed by atoms with E-state index in [-0.39, 0.29) is 11.8 Å². The van der Waals surface area contributed by atoms with E-state index in [1.807, 2.05) is 12.1 Å². The zero-order valence-corrected chi connectivity index (χ0v) is 9.77. The first kappa shape index (κ1) is 11.4. The van der Waals surface area contributed by atoms with Gasteiger partial charge in [0.1, 0.15) is 5.75 Å². The van der Waals surface area contributed by atoms with Gasteiger partial charge in [-0.05, 0) is 12.1 Å². The van der Waals surface area contributed by atoms with E-state index in [0.717, 1.165) is 0 Å². The van der Waals surface area contributed by atoms with E-state index in [1.54, 1.807) is 26.2 Å². The highest BCUT2D eigenvalue weighted by atomic mass is 16.5. The number of carbonyl (C=O) groups excluding carboxylic acids is 2. The van der Waals surface area contributed by atoms with Gasteiger partial charge in [0, 0.05) is 6.54 Å². The molecule has 17 heavy (non-hydrogen) atoms. The Bertz CT molecular complexity index is 459. The molecule has 1 fully saturated rings. The van der Waals surface area contributed by atoms with E-state index in [9.17, 15) is 9.59 Å². The second-order valence-corrected chi connectivity index (χ2v) is 3.98. The molecule has 0 saturated carbocycles. The summed E-state index contributed by atoms with van der Waals surface area (Å²) in [6.45, 7) is 2.15. The van der Waals surface area contributed by atoms with E-state index in [2.05, 4.69) is 5.32 Å². The van der Waals surface area contributed by atoms with Crippen LogP contribution < -0.4 is 15.0 Å². The Morgan fingerprint density at radius 2 is 2.06 bits per heavy atom. The zero-order valence-electron chi connectivity index (χ0n) is 9.77. The molecule has 3 amide bonds. The van der Waals surface area contributed by atoms with Crippen molar-refractivity contribution in [1.29, 1.82) is 0 Å². The smallest absolute Gasteiger partial charge is 0.328 e. The van der Waals surface area contributed by atoms with Crippen LogP contribution in [0.15, 0.2) is 24.3 Å². The number of nitrogens with zero attached hydrogens (tertiary/aromatic N) is 1. The minimum Gasteiger partial charge on any atom is -0.495 e. The van der Waals surface area contributed by atoms with Crippen molar-refractivity contribution in [1.82, 2.24) is 5.32 Å². The molecule has 1 aliphatic heterocycles. The largest absolute Gasteiger partial charge is 0.495 e. The molecule has 5 heteroatoms. The highest BCUT2D eigenvalue weighted by Crippen LogP contribution is 2.29. The number of urea groups is 1.